The van der Waals surface area contributed by atoms with E-state index in [9.17, 15) is 31.9 Å². The average molecular weight is 814 g/mol. The van der Waals surface area contributed by atoms with Crippen molar-refractivity contribution < 1.29 is 36.7 Å². The number of hydrogen-bond acceptors (Lipinski definition) is 8. The first-order valence-electron chi connectivity index (χ1n) is 20.6. The second-order valence-corrected chi connectivity index (χ2v) is 16.5. The number of aromatic nitrogens is 2. The number of ether oxygens (including phenoxy) is 1. The maximum absolute atomic E-state index is 14.9. The van der Waals surface area contributed by atoms with E-state index >= 15 is 0 Å². The number of alkyl halides is 3. The highest BCUT2D eigenvalue weighted by atomic mass is 19.4. The summed E-state index contributed by atoms with van der Waals surface area (Å²) in [6.45, 7) is 6.63. The first kappa shape index (κ1) is 39.0. The maximum atomic E-state index is 14.9. The molecule has 59 heavy (non-hydrogen) atoms. The molecule has 310 valence electrons. The van der Waals surface area contributed by atoms with Crippen molar-refractivity contribution >= 4 is 45.6 Å². The number of nitrogens with one attached hydrogen (secondary N) is 2. The monoisotopic (exact) mass is 813 g/mol. The lowest BCUT2D eigenvalue weighted by Gasteiger charge is -2.40. The number of rotatable bonds is 8. The number of imide groups is 1. The number of benzene rings is 3. The molecule has 1 atom stereocenters. The predicted octanol–water partition coefficient (Wildman–Crippen LogP) is 6.60. The van der Waals surface area contributed by atoms with Gasteiger partial charge in [-0.2, -0.15) is 17.6 Å². The molecular weight excluding hydrogens is 767 g/mol. The molecule has 3 aromatic carbocycles. The fourth-order valence-electron chi connectivity index (χ4n) is 9.95. The summed E-state index contributed by atoms with van der Waals surface area (Å²) in [6.07, 6.45) is -1.74. The zero-order valence-electron chi connectivity index (χ0n) is 33.0. The number of aromatic amines is 1. The van der Waals surface area contributed by atoms with Gasteiger partial charge >= 0.3 is 6.18 Å². The van der Waals surface area contributed by atoms with Gasteiger partial charge < -0.3 is 19.4 Å². The molecule has 2 N–H and O–H groups in total. The largest absolute Gasteiger partial charge is 0.496 e. The highest BCUT2D eigenvalue weighted by molar-refractivity contribution is 6.05. The van der Waals surface area contributed by atoms with E-state index in [-0.39, 0.29) is 30.2 Å². The Kier molecular flexibility index (Phi) is 10.3. The summed E-state index contributed by atoms with van der Waals surface area (Å²) < 4.78 is 62.9. The molecule has 15 heteroatoms. The summed E-state index contributed by atoms with van der Waals surface area (Å²) in [5.74, 6) is -0.510. The quantitative estimate of drug-likeness (QED) is 0.151. The van der Waals surface area contributed by atoms with Gasteiger partial charge in [0.25, 0.3) is 5.91 Å². The summed E-state index contributed by atoms with van der Waals surface area (Å²) >= 11 is 0. The normalized spacial score (nSPS) is 20.9. The molecule has 3 saturated heterocycles. The summed E-state index contributed by atoms with van der Waals surface area (Å²) in [7, 11) is 1.54. The van der Waals surface area contributed by atoms with Crippen LogP contribution in [0.3, 0.4) is 0 Å². The van der Waals surface area contributed by atoms with Crippen LogP contribution >= 0.6 is 0 Å². The Hall–Kier alpha value is -5.44. The summed E-state index contributed by atoms with van der Waals surface area (Å²) in [5, 5.41) is 9.13. The molecule has 5 heterocycles. The number of carbonyl (C=O) groups excluding carboxylic acids is 3. The predicted molar refractivity (Wildman–Crippen MR) is 215 cm³/mol. The van der Waals surface area contributed by atoms with Crippen molar-refractivity contribution in [3.63, 3.8) is 0 Å². The topological polar surface area (TPSA) is 114 Å². The molecule has 3 fully saturated rings. The Morgan fingerprint density at radius 1 is 0.831 bits per heavy atom. The van der Waals surface area contributed by atoms with Crippen molar-refractivity contribution in [2.75, 3.05) is 62.7 Å². The van der Waals surface area contributed by atoms with Crippen LogP contribution in [0.1, 0.15) is 77.6 Å². The fraction of sp³-hybridized carbons (Fsp3) is 0.455. The lowest BCUT2D eigenvalue weighted by atomic mass is 9.87. The summed E-state index contributed by atoms with van der Waals surface area (Å²) in [5.41, 5.74) is 6.61. The summed E-state index contributed by atoms with van der Waals surface area (Å²) in [6, 6.07) is 14.5. The molecule has 11 nitrogen and oxygen atoms in total. The number of carbonyl (C=O) groups is 3. The minimum Gasteiger partial charge on any atom is -0.496 e. The lowest BCUT2D eigenvalue weighted by molar-refractivity contribution is -0.137. The van der Waals surface area contributed by atoms with Crippen LogP contribution in [-0.2, 0) is 22.6 Å². The Balaban J connectivity index is 0.833. The highest BCUT2D eigenvalue weighted by Crippen LogP contribution is 2.45. The summed E-state index contributed by atoms with van der Waals surface area (Å²) in [4.78, 5) is 46.0. The van der Waals surface area contributed by atoms with Crippen LogP contribution in [0.4, 0.5) is 28.9 Å². The van der Waals surface area contributed by atoms with Crippen LogP contribution in [0.2, 0.25) is 0 Å². The van der Waals surface area contributed by atoms with Crippen LogP contribution in [0.25, 0.3) is 16.5 Å². The standard InChI is InChI=1S/C44H47F4N7O4/c1-59-37-22-30(6-8-34(37)39-27(23-44(46,47)48)3-2-4-32-33(39)9-10-35-40(32)41(45)51-50-35)53-15-13-26(14-16-53)24-52-17-19-54(20-18-52)29-5-7-31-28(21-29)25-55(43(31)58)36-11-12-38(56)49-42(36)57/h5-10,21-22,26,36H,2-4,11-20,23-25H2,1H3,(H,50,51)(H,49,56,57)/t36-/m0/s1. The minimum absolute atomic E-state index is 0.166. The molecule has 0 saturated carbocycles. The van der Waals surface area contributed by atoms with E-state index in [2.05, 4.69) is 36.3 Å². The number of amides is 3. The van der Waals surface area contributed by atoms with Gasteiger partial charge in [-0.1, -0.05) is 11.6 Å². The van der Waals surface area contributed by atoms with E-state index < -0.39 is 30.5 Å². The van der Waals surface area contributed by atoms with Gasteiger partial charge in [0.15, 0.2) is 0 Å². The van der Waals surface area contributed by atoms with Crippen LogP contribution in [0.15, 0.2) is 54.1 Å². The highest BCUT2D eigenvalue weighted by Gasteiger charge is 2.40. The zero-order valence-corrected chi connectivity index (χ0v) is 33.0. The Morgan fingerprint density at radius 3 is 2.27 bits per heavy atom. The molecule has 4 aromatic rings. The molecule has 9 rings (SSSR count). The number of methoxy groups -OCH3 is 1. The van der Waals surface area contributed by atoms with Crippen molar-refractivity contribution in [1.29, 1.82) is 0 Å². The number of nitrogens with zero attached hydrogens (tertiary/aromatic N) is 5. The van der Waals surface area contributed by atoms with Crippen molar-refractivity contribution in [3.05, 3.63) is 87.9 Å². The molecule has 3 amide bonds. The van der Waals surface area contributed by atoms with Crippen LogP contribution < -0.4 is 19.9 Å². The molecule has 1 aliphatic carbocycles. The number of H-pyrrole nitrogens is 1. The van der Waals surface area contributed by atoms with Gasteiger partial charge in [0.2, 0.25) is 17.8 Å². The number of piperazine rings is 1. The molecule has 5 aliphatic rings. The molecule has 0 bridgehead atoms. The molecule has 4 aliphatic heterocycles. The molecule has 0 radical (unpaired) electrons. The number of hydrogen-bond donors (Lipinski definition) is 2. The Morgan fingerprint density at radius 2 is 1.54 bits per heavy atom. The van der Waals surface area contributed by atoms with Crippen molar-refractivity contribution in [2.45, 2.75) is 70.1 Å². The number of halogens is 4. The third kappa shape index (κ3) is 7.65. The van der Waals surface area contributed by atoms with Crippen LogP contribution in [0.5, 0.6) is 5.75 Å². The van der Waals surface area contributed by atoms with Crippen LogP contribution in [0, 0.1) is 11.9 Å². The van der Waals surface area contributed by atoms with E-state index in [1.807, 2.05) is 30.3 Å². The van der Waals surface area contributed by atoms with E-state index in [1.54, 1.807) is 17.0 Å². The smallest absolute Gasteiger partial charge is 0.392 e. The SMILES string of the molecule is COc1cc(N2CCC(CN3CCN(c4ccc5c(c4)CN([C@H]4CCC(=O)NC4=O)C5=O)CC3)CC2)ccc1C1=C(CC(F)(F)F)CCCc2c1ccc1[nH]nc(F)c21. The molecule has 0 spiro atoms. The number of aryl methyl sites for hydroxylation is 1. The second-order valence-electron chi connectivity index (χ2n) is 16.5. The fourth-order valence-corrected chi connectivity index (χ4v) is 9.95. The van der Waals surface area contributed by atoms with Gasteiger partial charge in [0, 0.05) is 87.3 Å². The van der Waals surface area contributed by atoms with Gasteiger partial charge in [-0.3, -0.25) is 29.7 Å². The van der Waals surface area contributed by atoms with Gasteiger partial charge in [-0.25, -0.2) is 0 Å². The number of anilines is 2. The third-order valence-electron chi connectivity index (χ3n) is 12.9. The Bertz CT molecular complexity index is 2340. The number of piperidine rings is 2. The zero-order chi connectivity index (χ0) is 41.0. The van der Waals surface area contributed by atoms with Crippen LogP contribution in [-0.4, -0.2) is 103 Å². The van der Waals surface area contributed by atoms with Crippen molar-refractivity contribution in [2.24, 2.45) is 5.92 Å². The third-order valence-corrected chi connectivity index (χ3v) is 12.9. The Labute approximate surface area is 339 Å². The van der Waals surface area contributed by atoms with Crippen molar-refractivity contribution in [1.82, 2.24) is 25.3 Å². The number of fused-ring (bicyclic) bond motifs is 4. The average Bonchev–Trinajstić information content (AvgIpc) is 3.70. The van der Waals surface area contributed by atoms with E-state index in [0.717, 1.165) is 75.6 Å². The second kappa shape index (κ2) is 15.6. The lowest BCUT2D eigenvalue weighted by Crippen LogP contribution is -2.52. The van der Waals surface area contributed by atoms with Gasteiger partial charge in [0.05, 0.1) is 24.4 Å². The molecule has 0 unspecified atom stereocenters. The molecular formula is C44H47F4N7O4. The first-order chi connectivity index (χ1) is 28.4. The minimum atomic E-state index is -4.41. The van der Waals surface area contributed by atoms with Gasteiger partial charge in [-0.05, 0) is 103 Å². The number of allylic oxidation sites excluding steroid dienone is 1. The first-order valence-corrected chi connectivity index (χ1v) is 20.6. The van der Waals surface area contributed by atoms with E-state index in [0.29, 0.717) is 76.2 Å². The molecule has 1 aromatic heterocycles. The van der Waals surface area contributed by atoms with Gasteiger partial charge in [-0.15, -0.1) is 5.10 Å². The van der Waals surface area contributed by atoms with E-state index in [4.69, 9.17) is 4.74 Å². The van der Waals surface area contributed by atoms with E-state index in [1.165, 1.54) is 7.11 Å². The maximum Gasteiger partial charge on any atom is 0.392 e. The van der Waals surface area contributed by atoms with Crippen molar-refractivity contribution in [3.8, 4) is 5.75 Å². The van der Waals surface area contributed by atoms with Gasteiger partial charge in [0.1, 0.15) is 11.8 Å².